The smallest absolute Gasteiger partial charge is 0.339 e. The minimum Gasteiger partial charge on any atom is -0.507 e. The highest BCUT2D eigenvalue weighted by Crippen LogP contribution is 2.40. The van der Waals surface area contributed by atoms with Gasteiger partial charge in [-0.3, -0.25) is 5.43 Å². The highest BCUT2D eigenvalue weighted by atomic mass is 32.2. The number of benzene rings is 3. The van der Waals surface area contributed by atoms with Gasteiger partial charge in [0, 0.05) is 5.56 Å². The van der Waals surface area contributed by atoms with Crippen LogP contribution in [0.5, 0.6) is 11.5 Å². The van der Waals surface area contributed by atoms with Crippen LogP contribution in [0, 0.1) is 6.92 Å². The number of para-hydroxylation sites is 2. The first-order valence-corrected chi connectivity index (χ1v) is 11.1. The summed E-state index contributed by atoms with van der Waals surface area (Å²) < 4.78 is 30.9. The molecule has 148 valence electrons. The van der Waals surface area contributed by atoms with Gasteiger partial charge in [-0.05, 0) is 37.3 Å². The molecule has 0 bridgehead atoms. The first kappa shape index (κ1) is 19.4. The first-order chi connectivity index (χ1) is 13.9. The highest BCUT2D eigenvalue weighted by Gasteiger charge is 2.28. The molecular formula is C21H18N2O4S2. The molecule has 1 aliphatic rings. The third-order valence-corrected chi connectivity index (χ3v) is 6.74. The zero-order valence-electron chi connectivity index (χ0n) is 15.4. The van der Waals surface area contributed by atoms with Gasteiger partial charge in [0.15, 0.2) is 0 Å². The predicted octanol–water partition coefficient (Wildman–Crippen LogP) is 4.17. The van der Waals surface area contributed by atoms with E-state index in [1.54, 1.807) is 54.6 Å². The number of phenols is 1. The van der Waals surface area contributed by atoms with Crippen LogP contribution in [0.15, 0.2) is 82.8 Å². The maximum absolute atomic E-state index is 12.7. The molecule has 0 fully saturated rings. The second-order valence-corrected chi connectivity index (χ2v) is 9.09. The highest BCUT2D eigenvalue weighted by molar-refractivity contribution is 8.14. The standard InChI is InChI=1S/C21H18N2O4S2/c1-14-10-12-15(13-11-14)29(25,26)27-19-9-5-3-7-17(19)21-23-22-20(28-21)16-6-2-4-8-18(16)24/h2-13,21,23-24H,1H3/t21-/m0/s1. The van der Waals surface area contributed by atoms with Crippen LogP contribution < -0.4 is 9.61 Å². The number of nitrogens with one attached hydrogen (secondary N) is 1. The van der Waals surface area contributed by atoms with Gasteiger partial charge in [0.1, 0.15) is 26.8 Å². The summed E-state index contributed by atoms with van der Waals surface area (Å²) in [5, 5.41) is 14.6. The molecule has 6 nitrogen and oxygen atoms in total. The molecule has 4 rings (SSSR count). The topological polar surface area (TPSA) is 88.0 Å². The lowest BCUT2D eigenvalue weighted by atomic mass is 10.2. The fraction of sp³-hybridized carbons (Fsp3) is 0.0952. The van der Waals surface area contributed by atoms with E-state index in [-0.39, 0.29) is 21.8 Å². The molecule has 0 radical (unpaired) electrons. The summed E-state index contributed by atoms with van der Waals surface area (Å²) in [6.07, 6.45) is 0. The maximum atomic E-state index is 12.7. The van der Waals surface area contributed by atoms with Gasteiger partial charge in [-0.1, -0.05) is 59.8 Å². The van der Waals surface area contributed by atoms with Gasteiger partial charge in [-0.25, -0.2) is 0 Å². The van der Waals surface area contributed by atoms with Crippen LogP contribution in [-0.4, -0.2) is 18.6 Å². The zero-order valence-corrected chi connectivity index (χ0v) is 17.1. The van der Waals surface area contributed by atoms with Gasteiger partial charge < -0.3 is 9.29 Å². The van der Waals surface area contributed by atoms with Crippen LogP contribution in [0.4, 0.5) is 0 Å². The Kier molecular flexibility index (Phi) is 5.21. The van der Waals surface area contributed by atoms with E-state index in [1.165, 1.54) is 23.9 Å². The predicted molar refractivity (Wildman–Crippen MR) is 114 cm³/mol. The Bertz CT molecular complexity index is 1180. The van der Waals surface area contributed by atoms with Gasteiger partial charge in [0.2, 0.25) is 0 Å². The second-order valence-electron chi connectivity index (χ2n) is 6.45. The number of hydrogen-bond acceptors (Lipinski definition) is 7. The van der Waals surface area contributed by atoms with Crippen molar-refractivity contribution in [3.63, 3.8) is 0 Å². The lowest BCUT2D eigenvalue weighted by molar-refractivity contribution is 0.474. The number of aryl methyl sites for hydroxylation is 1. The van der Waals surface area contributed by atoms with Gasteiger partial charge >= 0.3 is 10.1 Å². The molecule has 8 heteroatoms. The molecular weight excluding hydrogens is 408 g/mol. The van der Waals surface area contributed by atoms with Gasteiger partial charge in [-0.2, -0.15) is 13.5 Å². The van der Waals surface area contributed by atoms with E-state index in [0.29, 0.717) is 16.2 Å². The lowest BCUT2D eigenvalue weighted by Crippen LogP contribution is -2.14. The molecule has 0 spiro atoms. The molecule has 0 amide bonds. The first-order valence-electron chi connectivity index (χ1n) is 8.82. The van der Waals surface area contributed by atoms with Crippen molar-refractivity contribution in [3.8, 4) is 11.5 Å². The van der Waals surface area contributed by atoms with Crippen molar-refractivity contribution in [1.29, 1.82) is 0 Å². The lowest BCUT2D eigenvalue weighted by Gasteiger charge is -2.15. The number of phenolic OH excluding ortho intramolecular Hbond substituents is 1. The van der Waals surface area contributed by atoms with Crippen LogP contribution in [0.3, 0.4) is 0 Å². The molecule has 0 aromatic heterocycles. The minimum absolute atomic E-state index is 0.0936. The van der Waals surface area contributed by atoms with E-state index in [9.17, 15) is 13.5 Å². The summed E-state index contributed by atoms with van der Waals surface area (Å²) in [5.41, 5.74) is 5.20. The Labute approximate surface area is 173 Å². The van der Waals surface area contributed by atoms with Gasteiger partial charge in [-0.15, -0.1) is 0 Å². The van der Waals surface area contributed by atoms with Crippen LogP contribution in [0.25, 0.3) is 0 Å². The van der Waals surface area contributed by atoms with E-state index >= 15 is 0 Å². The van der Waals surface area contributed by atoms with Gasteiger partial charge in [0.25, 0.3) is 0 Å². The van der Waals surface area contributed by atoms with E-state index in [2.05, 4.69) is 10.5 Å². The van der Waals surface area contributed by atoms with Crippen LogP contribution >= 0.6 is 11.8 Å². The largest absolute Gasteiger partial charge is 0.507 e. The Morgan fingerprint density at radius 1 is 1.00 bits per heavy atom. The number of thioether (sulfide) groups is 1. The van der Waals surface area contributed by atoms with E-state index < -0.39 is 10.1 Å². The summed E-state index contributed by atoms with van der Waals surface area (Å²) in [6.45, 7) is 1.89. The molecule has 3 aromatic rings. The van der Waals surface area contributed by atoms with Crippen molar-refractivity contribution < 1.29 is 17.7 Å². The number of nitrogens with zero attached hydrogens (tertiary/aromatic N) is 1. The number of rotatable bonds is 5. The summed E-state index contributed by atoms with van der Waals surface area (Å²) >= 11 is 1.37. The van der Waals surface area contributed by atoms with Crippen molar-refractivity contribution >= 4 is 26.9 Å². The normalized spacial score (nSPS) is 16.2. The molecule has 1 heterocycles. The van der Waals surface area contributed by atoms with E-state index in [1.807, 2.05) is 13.0 Å². The molecule has 1 aliphatic heterocycles. The number of hydrazone groups is 1. The van der Waals surface area contributed by atoms with Crippen LogP contribution in [0.2, 0.25) is 0 Å². The Balaban J connectivity index is 1.58. The summed E-state index contributed by atoms with van der Waals surface area (Å²) in [6, 6.07) is 20.3. The Morgan fingerprint density at radius 2 is 1.69 bits per heavy atom. The average molecular weight is 427 g/mol. The SMILES string of the molecule is Cc1ccc(S(=O)(=O)Oc2ccccc2[C@H]2NN=C(c3ccccc3O)S2)cc1. The second kappa shape index (κ2) is 7.81. The Hall–Kier alpha value is -2.97. The summed E-state index contributed by atoms with van der Waals surface area (Å²) in [7, 11) is -3.97. The fourth-order valence-corrected chi connectivity index (χ4v) is 4.85. The average Bonchev–Trinajstić information content (AvgIpc) is 3.18. The summed E-state index contributed by atoms with van der Waals surface area (Å²) in [5.74, 6) is 0.361. The molecule has 3 aromatic carbocycles. The van der Waals surface area contributed by atoms with Crippen molar-refractivity contribution in [2.75, 3.05) is 0 Å². The third kappa shape index (κ3) is 4.08. The molecule has 2 N–H and O–H groups in total. The quantitative estimate of drug-likeness (QED) is 0.596. The monoisotopic (exact) mass is 426 g/mol. The zero-order chi connectivity index (χ0) is 20.4. The van der Waals surface area contributed by atoms with Crippen molar-refractivity contribution in [2.24, 2.45) is 5.10 Å². The molecule has 29 heavy (non-hydrogen) atoms. The molecule has 0 saturated carbocycles. The Morgan fingerprint density at radius 3 is 2.45 bits per heavy atom. The molecule has 0 aliphatic carbocycles. The number of hydrogen-bond donors (Lipinski definition) is 2. The van der Waals surface area contributed by atoms with Crippen molar-refractivity contribution in [2.45, 2.75) is 17.2 Å². The summed E-state index contributed by atoms with van der Waals surface area (Å²) in [4.78, 5) is 0.0936. The molecule has 0 unspecified atom stereocenters. The number of aromatic hydroxyl groups is 1. The molecule has 0 saturated heterocycles. The van der Waals surface area contributed by atoms with E-state index in [4.69, 9.17) is 4.18 Å². The van der Waals surface area contributed by atoms with Gasteiger partial charge in [0.05, 0.1) is 5.56 Å². The van der Waals surface area contributed by atoms with Crippen molar-refractivity contribution in [3.05, 3.63) is 89.5 Å². The van der Waals surface area contributed by atoms with E-state index in [0.717, 1.165) is 5.56 Å². The fourth-order valence-electron chi connectivity index (χ4n) is 2.84. The minimum atomic E-state index is -3.97. The van der Waals surface area contributed by atoms with Crippen LogP contribution in [0.1, 0.15) is 22.1 Å². The third-order valence-electron chi connectivity index (χ3n) is 4.36. The molecule has 1 atom stereocenters. The van der Waals surface area contributed by atoms with Crippen LogP contribution in [-0.2, 0) is 10.1 Å². The maximum Gasteiger partial charge on any atom is 0.339 e. The van der Waals surface area contributed by atoms with Crippen molar-refractivity contribution in [1.82, 2.24) is 5.43 Å².